The van der Waals surface area contributed by atoms with E-state index in [1.807, 2.05) is 0 Å². The molecule has 0 aliphatic heterocycles. The molecule has 0 aromatic heterocycles. The Balaban J connectivity index is -0.0000000450. The summed E-state index contributed by atoms with van der Waals surface area (Å²) < 4.78 is 0. The van der Waals surface area contributed by atoms with Crippen LogP contribution in [0.5, 0.6) is 0 Å². The van der Waals surface area contributed by atoms with Crippen molar-refractivity contribution in [3.8, 4) is 0 Å². The standard InChI is InChI=1S/3C3H7O.Sc/c3*1-3(2)4;/h3*3H,1-2H3;/q3*-1;+3. The molecule has 0 aromatic rings. The van der Waals surface area contributed by atoms with Crippen LogP contribution in [0.15, 0.2) is 0 Å². The van der Waals surface area contributed by atoms with Crippen LogP contribution in [0.25, 0.3) is 0 Å². The van der Waals surface area contributed by atoms with Crippen molar-refractivity contribution in [2.45, 2.75) is 59.9 Å². The molecule has 3 nitrogen and oxygen atoms in total. The number of hydrogen-bond donors (Lipinski definition) is 0. The van der Waals surface area contributed by atoms with Crippen molar-refractivity contribution in [3.05, 3.63) is 0 Å². The molecule has 0 unspecified atom stereocenters. The van der Waals surface area contributed by atoms with E-state index < -0.39 is 18.3 Å². The van der Waals surface area contributed by atoms with Crippen LogP contribution in [0.4, 0.5) is 0 Å². The van der Waals surface area contributed by atoms with Crippen LogP contribution in [0.1, 0.15) is 41.5 Å². The third-order valence-corrected chi connectivity index (χ3v) is 0. The molecule has 0 saturated carbocycles. The summed E-state index contributed by atoms with van der Waals surface area (Å²) in [5, 5.41) is 28.6. The molecule has 4 heteroatoms. The Morgan fingerprint density at radius 2 is 0.538 bits per heavy atom. The summed E-state index contributed by atoms with van der Waals surface area (Å²) in [5.74, 6) is 0. The van der Waals surface area contributed by atoms with Crippen molar-refractivity contribution >= 4 is 0 Å². The maximum absolute atomic E-state index is 9.53. The van der Waals surface area contributed by atoms with E-state index in [-0.39, 0.29) is 25.8 Å². The molecular weight excluding hydrogens is 201 g/mol. The molecule has 0 aliphatic carbocycles. The Labute approximate surface area is 101 Å². The first-order chi connectivity index (χ1) is 5.20. The van der Waals surface area contributed by atoms with E-state index in [0.717, 1.165) is 0 Å². The third kappa shape index (κ3) is 2620. The zero-order chi connectivity index (χ0) is 10.7. The predicted octanol–water partition coefficient (Wildman–Crippen LogP) is -0.737. The fourth-order valence-electron chi connectivity index (χ4n) is 0. The average Bonchev–Trinajstić information content (AvgIpc) is 1.54. The quantitative estimate of drug-likeness (QED) is 0.542. The van der Waals surface area contributed by atoms with Gasteiger partial charge in [0.05, 0.1) is 0 Å². The van der Waals surface area contributed by atoms with E-state index >= 15 is 0 Å². The van der Waals surface area contributed by atoms with Crippen LogP contribution in [0.3, 0.4) is 0 Å². The first-order valence-electron chi connectivity index (χ1n) is 4.17. The Kier molecular flexibility index (Phi) is 33.5. The molecule has 0 atom stereocenters. The second-order valence-corrected chi connectivity index (χ2v) is 3.15. The van der Waals surface area contributed by atoms with Gasteiger partial charge in [-0.05, 0) is 0 Å². The van der Waals surface area contributed by atoms with Crippen LogP contribution < -0.4 is 15.3 Å². The maximum atomic E-state index is 9.53. The van der Waals surface area contributed by atoms with E-state index in [9.17, 15) is 15.3 Å². The Morgan fingerprint density at radius 1 is 0.538 bits per heavy atom. The zero-order valence-corrected chi connectivity index (χ0v) is 11.3. The third-order valence-electron chi connectivity index (χ3n) is 0. The molecule has 0 spiro atoms. The van der Waals surface area contributed by atoms with Crippen molar-refractivity contribution in [1.29, 1.82) is 0 Å². The van der Waals surface area contributed by atoms with E-state index in [1.165, 1.54) is 0 Å². The van der Waals surface area contributed by atoms with E-state index in [0.29, 0.717) is 0 Å². The zero-order valence-electron chi connectivity index (χ0n) is 9.53. The smallest absolute Gasteiger partial charge is 0.852 e. The molecule has 0 radical (unpaired) electrons. The summed E-state index contributed by atoms with van der Waals surface area (Å²) in [6.45, 7) is 9.67. The van der Waals surface area contributed by atoms with Gasteiger partial charge in [0.15, 0.2) is 0 Å². The average molecular weight is 222 g/mol. The van der Waals surface area contributed by atoms with Gasteiger partial charge in [-0.2, -0.15) is 0 Å². The van der Waals surface area contributed by atoms with Crippen LogP contribution in [-0.4, -0.2) is 18.3 Å². The summed E-state index contributed by atoms with van der Waals surface area (Å²) >= 11 is 0. The molecule has 0 N–H and O–H groups in total. The molecule has 0 rings (SSSR count). The molecule has 78 valence electrons. The van der Waals surface area contributed by atoms with Crippen molar-refractivity contribution < 1.29 is 41.2 Å². The number of hydrogen-bond acceptors (Lipinski definition) is 3. The van der Waals surface area contributed by atoms with Crippen molar-refractivity contribution in [1.82, 2.24) is 0 Å². The van der Waals surface area contributed by atoms with Crippen molar-refractivity contribution in [2.24, 2.45) is 0 Å². The van der Waals surface area contributed by atoms with Crippen LogP contribution in [0.2, 0.25) is 0 Å². The van der Waals surface area contributed by atoms with Gasteiger partial charge in [-0.3, -0.25) is 0 Å². The maximum Gasteiger partial charge on any atom is 3.00 e. The summed E-state index contributed by atoms with van der Waals surface area (Å²) in [4.78, 5) is 0. The minimum absolute atomic E-state index is 0. The van der Waals surface area contributed by atoms with Gasteiger partial charge < -0.3 is 15.3 Å². The monoisotopic (exact) mass is 222 g/mol. The topological polar surface area (TPSA) is 69.2 Å². The number of rotatable bonds is 0. The van der Waals surface area contributed by atoms with Crippen molar-refractivity contribution in [3.63, 3.8) is 0 Å². The Bertz CT molecular complexity index is 43.4. The van der Waals surface area contributed by atoms with Gasteiger partial charge in [-0.1, -0.05) is 41.5 Å². The molecule has 0 amide bonds. The van der Waals surface area contributed by atoms with Gasteiger partial charge in [0.2, 0.25) is 0 Å². The van der Waals surface area contributed by atoms with Gasteiger partial charge in [-0.25, -0.2) is 0 Å². The van der Waals surface area contributed by atoms with Crippen molar-refractivity contribution in [2.75, 3.05) is 0 Å². The molecule has 0 heterocycles. The summed E-state index contributed by atoms with van der Waals surface area (Å²) in [5.41, 5.74) is 0. The fraction of sp³-hybridized carbons (Fsp3) is 1.00. The summed E-state index contributed by atoms with van der Waals surface area (Å²) in [6, 6.07) is 0. The van der Waals surface area contributed by atoms with Crippen LogP contribution in [0, 0.1) is 0 Å². The summed E-state index contributed by atoms with van der Waals surface area (Å²) in [6.07, 6.45) is -1.25. The molecule has 0 aromatic carbocycles. The second kappa shape index (κ2) is 18.5. The molecule has 0 bridgehead atoms. The van der Waals surface area contributed by atoms with Crippen LogP contribution >= 0.6 is 0 Å². The molecule has 0 aliphatic rings. The predicted molar refractivity (Wildman–Crippen MR) is 45.4 cm³/mol. The molecular formula is C9H21O3Sc. The van der Waals surface area contributed by atoms with E-state index in [4.69, 9.17) is 0 Å². The molecule has 0 fully saturated rings. The Hall–Kier alpha value is 0.750. The SMILES string of the molecule is CC(C)[O-].CC(C)[O-].CC(C)[O-].[Sc+3]. The van der Waals surface area contributed by atoms with E-state index in [1.54, 1.807) is 41.5 Å². The molecule has 0 saturated heterocycles. The van der Waals surface area contributed by atoms with Gasteiger partial charge in [-0.15, -0.1) is 18.3 Å². The van der Waals surface area contributed by atoms with Gasteiger partial charge in [0.1, 0.15) is 0 Å². The minimum atomic E-state index is -0.417. The largest absolute Gasteiger partial charge is 3.00 e. The van der Waals surface area contributed by atoms with E-state index in [2.05, 4.69) is 0 Å². The van der Waals surface area contributed by atoms with Gasteiger partial charge in [0, 0.05) is 0 Å². The van der Waals surface area contributed by atoms with Gasteiger partial charge in [0.25, 0.3) is 0 Å². The normalized spacial score (nSPS) is 8.31. The molecule has 13 heavy (non-hydrogen) atoms. The first kappa shape index (κ1) is 23.5. The Morgan fingerprint density at radius 3 is 0.538 bits per heavy atom. The van der Waals surface area contributed by atoms with Gasteiger partial charge >= 0.3 is 25.8 Å². The minimum Gasteiger partial charge on any atom is -0.852 e. The van der Waals surface area contributed by atoms with Crippen LogP contribution in [-0.2, 0) is 25.8 Å². The second-order valence-electron chi connectivity index (χ2n) is 3.15. The fourth-order valence-corrected chi connectivity index (χ4v) is 0. The summed E-state index contributed by atoms with van der Waals surface area (Å²) in [7, 11) is 0. The first-order valence-corrected chi connectivity index (χ1v) is 4.17.